The first-order valence-corrected chi connectivity index (χ1v) is 7.46. The molecule has 1 amide bonds. The maximum absolute atomic E-state index is 11.8. The molecule has 0 aromatic heterocycles. The summed E-state index contributed by atoms with van der Waals surface area (Å²) in [6, 6.07) is 5.85. The van der Waals surface area contributed by atoms with Gasteiger partial charge in [-0.2, -0.15) is 0 Å². The van der Waals surface area contributed by atoms with E-state index in [9.17, 15) is 4.79 Å². The summed E-state index contributed by atoms with van der Waals surface area (Å²) in [4.78, 5) is 11.8. The Labute approximate surface area is 116 Å². The molecule has 2 aliphatic heterocycles. The number of thioether (sulfide) groups is 1. The molecule has 6 heteroatoms. The summed E-state index contributed by atoms with van der Waals surface area (Å²) in [6.45, 7) is 0.932. The number of carbonyl (C=O) groups is 1. The minimum absolute atomic E-state index is 0.0400. The summed E-state index contributed by atoms with van der Waals surface area (Å²) in [5.41, 5.74) is 1.14. The molecule has 1 aromatic rings. The number of amides is 1. The quantitative estimate of drug-likeness (QED) is 0.852. The van der Waals surface area contributed by atoms with Gasteiger partial charge in [-0.1, -0.05) is 6.07 Å². The zero-order chi connectivity index (χ0) is 13.1. The lowest BCUT2D eigenvalue weighted by Crippen LogP contribution is -2.42. The zero-order valence-corrected chi connectivity index (χ0v) is 11.3. The Morgan fingerprint density at radius 2 is 2.32 bits per heavy atom. The monoisotopic (exact) mass is 280 g/mol. The van der Waals surface area contributed by atoms with Gasteiger partial charge in [0, 0.05) is 18.2 Å². The molecule has 19 heavy (non-hydrogen) atoms. The number of nitrogens with one attached hydrogen (secondary N) is 2. The van der Waals surface area contributed by atoms with Gasteiger partial charge < -0.3 is 14.8 Å². The SMILES string of the molecule is O=C(NCCc1ccc2c(c1)OCO2)C1CSCN1. The normalized spacial score (nSPS) is 20.5. The first-order valence-electron chi connectivity index (χ1n) is 6.30. The van der Waals surface area contributed by atoms with E-state index in [2.05, 4.69) is 10.6 Å². The summed E-state index contributed by atoms with van der Waals surface area (Å²) in [5, 5.41) is 6.11. The van der Waals surface area contributed by atoms with Crippen molar-refractivity contribution < 1.29 is 14.3 Å². The Morgan fingerprint density at radius 1 is 1.42 bits per heavy atom. The molecule has 1 saturated heterocycles. The number of rotatable bonds is 4. The fraction of sp³-hybridized carbons (Fsp3) is 0.462. The maximum atomic E-state index is 11.8. The van der Waals surface area contributed by atoms with E-state index in [0.717, 1.165) is 35.1 Å². The molecular formula is C13H16N2O3S. The van der Waals surface area contributed by atoms with E-state index < -0.39 is 0 Å². The highest BCUT2D eigenvalue weighted by atomic mass is 32.2. The van der Waals surface area contributed by atoms with Crippen LogP contribution in [-0.2, 0) is 11.2 Å². The number of hydrogen-bond acceptors (Lipinski definition) is 5. The van der Waals surface area contributed by atoms with Gasteiger partial charge in [0.05, 0.1) is 6.04 Å². The molecule has 0 bridgehead atoms. The van der Waals surface area contributed by atoms with Crippen LogP contribution in [0.25, 0.3) is 0 Å². The lowest BCUT2D eigenvalue weighted by molar-refractivity contribution is -0.122. The van der Waals surface area contributed by atoms with Crippen molar-refractivity contribution in [1.29, 1.82) is 0 Å². The van der Waals surface area contributed by atoms with Crippen LogP contribution in [-0.4, -0.2) is 36.9 Å². The molecule has 3 rings (SSSR count). The highest BCUT2D eigenvalue weighted by Gasteiger charge is 2.21. The van der Waals surface area contributed by atoms with Crippen LogP contribution in [0.2, 0.25) is 0 Å². The first-order chi connectivity index (χ1) is 9.33. The predicted octanol–water partition coefficient (Wildman–Crippen LogP) is 0.736. The van der Waals surface area contributed by atoms with Gasteiger partial charge in [-0.15, -0.1) is 11.8 Å². The van der Waals surface area contributed by atoms with Crippen molar-refractivity contribution in [3.05, 3.63) is 23.8 Å². The summed E-state index contributed by atoms with van der Waals surface area (Å²) in [7, 11) is 0. The standard InChI is InChI=1S/C13H16N2O3S/c16-13(10-6-19-7-15-10)14-4-3-9-1-2-11-12(5-9)18-8-17-11/h1-2,5,10,15H,3-4,6-8H2,(H,14,16). The lowest BCUT2D eigenvalue weighted by atomic mass is 10.1. The average molecular weight is 280 g/mol. The van der Waals surface area contributed by atoms with Gasteiger partial charge in [0.1, 0.15) is 0 Å². The molecule has 0 radical (unpaired) electrons. The van der Waals surface area contributed by atoms with Crippen LogP contribution >= 0.6 is 11.8 Å². The van der Waals surface area contributed by atoms with Crippen molar-refractivity contribution in [2.75, 3.05) is 25.0 Å². The Hall–Kier alpha value is -1.40. The first kappa shape index (κ1) is 12.6. The second-order valence-electron chi connectivity index (χ2n) is 4.50. The summed E-state index contributed by atoms with van der Waals surface area (Å²) >= 11 is 1.75. The zero-order valence-electron chi connectivity index (χ0n) is 10.5. The fourth-order valence-electron chi connectivity index (χ4n) is 2.11. The molecule has 2 aliphatic rings. The van der Waals surface area contributed by atoms with Crippen LogP contribution in [0, 0.1) is 0 Å². The van der Waals surface area contributed by atoms with Gasteiger partial charge in [0.25, 0.3) is 0 Å². The molecule has 0 aliphatic carbocycles. The van der Waals surface area contributed by atoms with E-state index in [4.69, 9.17) is 9.47 Å². The van der Waals surface area contributed by atoms with Crippen LogP contribution in [0.5, 0.6) is 11.5 Å². The van der Waals surface area contributed by atoms with Gasteiger partial charge in [0.2, 0.25) is 12.7 Å². The van der Waals surface area contributed by atoms with Crippen molar-refractivity contribution in [2.45, 2.75) is 12.5 Å². The molecule has 0 spiro atoms. The summed E-state index contributed by atoms with van der Waals surface area (Å²) in [6.07, 6.45) is 0.794. The van der Waals surface area contributed by atoms with Crippen LogP contribution in [0.4, 0.5) is 0 Å². The van der Waals surface area contributed by atoms with E-state index in [-0.39, 0.29) is 11.9 Å². The summed E-state index contributed by atoms with van der Waals surface area (Å²) < 4.78 is 10.6. The molecule has 1 fully saturated rings. The Bertz CT molecular complexity index is 475. The van der Waals surface area contributed by atoms with E-state index >= 15 is 0 Å². The minimum atomic E-state index is -0.0400. The largest absolute Gasteiger partial charge is 0.454 e. The van der Waals surface area contributed by atoms with E-state index in [1.165, 1.54) is 0 Å². The Morgan fingerprint density at radius 3 is 3.16 bits per heavy atom. The lowest BCUT2D eigenvalue weighted by Gasteiger charge is -2.10. The highest BCUT2D eigenvalue weighted by Crippen LogP contribution is 2.32. The van der Waals surface area contributed by atoms with Crippen molar-refractivity contribution in [2.24, 2.45) is 0 Å². The van der Waals surface area contributed by atoms with Gasteiger partial charge in [-0.3, -0.25) is 10.1 Å². The van der Waals surface area contributed by atoms with Gasteiger partial charge in [-0.05, 0) is 24.1 Å². The van der Waals surface area contributed by atoms with Gasteiger partial charge >= 0.3 is 0 Å². The average Bonchev–Trinajstić information content (AvgIpc) is 3.09. The molecule has 5 nitrogen and oxygen atoms in total. The third-order valence-corrected chi connectivity index (χ3v) is 4.12. The maximum Gasteiger partial charge on any atom is 0.238 e. The van der Waals surface area contributed by atoms with Crippen LogP contribution in [0.15, 0.2) is 18.2 Å². The molecule has 1 aromatic carbocycles. The molecule has 2 N–H and O–H groups in total. The van der Waals surface area contributed by atoms with Crippen molar-refractivity contribution in [3.63, 3.8) is 0 Å². The van der Waals surface area contributed by atoms with Crippen molar-refractivity contribution in [1.82, 2.24) is 10.6 Å². The number of benzene rings is 1. The smallest absolute Gasteiger partial charge is 0.238 e. The third kappa shape index (κ3) is 2.96. The van der Waals surface area contributed by atoms with E-state index in [1.54, 1.807) is 11.8 Å². The molecular weight excluding hydrogens is 264 g/mol. The highest BCUT2D eigenvalue weighted by molar-refractivity contribution is 7.99. The Balaban J connectivity index is 1.48. The molecule has 2 heterocycles. The van der Waals surface area contributed by atoms with Gasteiger partial charge in [0.15, 0.2) is 11.5 Å². The van der Waals surface area contributed by atoms with Gasteiger partial charge in [-0.25, -0.2) is 0 Å². The number of ether oxygens (including phenoxy) is 2. The minimum Gasteiger partial charge on any atom is -0.454 e. The number of fused-ring (bicyclic) bond motifs is 1. The van der Waals surface area contributed by atoms with Crippen LogP contribution in [0.1, 0.15) is 5.56 Å². The van der Waals surface area contributed by atoms with Crippen molar-refractivity contribution >= 4 is 17.7 Å². The molecule has 0 saturated carbocycles. The Kier molecular flexibility index (Phi) is 3.79. The topological polar surface area (TPSA) is 59.6 Å². The second kappa shape index (κ2) is 5.71. The van der Waals surface area contributed by atoms with Crippen LogP contribution in [0.3, 0.4) is 0 Å². The predicted molar refractivity (Wildman–Crippen MR) is 73.5 cm³/mol. The molecule has 1 unspecified atom stereocenters. The fourth-order valence-corrected chi connectivity index (χ4v) is 3.06. The molecule has 1 atom stereocenters. The van der Waals surface area contributed by atoms with Crippen molar-refractivity contribution in [3.8, 4) is 11.5 Å². The van der Waals surface area contributed by atoms with E-state index in [1.807, 2.05) is 18.2 Å². The second-order valence-corrected chi connectivity index (χ2v) is 5.53. The van der Waals surface area contributed by atoms with Crippen LogP contribution < -0.4 is 20.1 Å². The number of hydrogen-bond donors (Lipinski definition) is 2. The van der Waals surface area contributed by atoms with E-state index in [0.29, 0.717) is 13.3 Å². The number of carbonyl (C=O) groups excluding carboxylic acids is 1. The third-order valence-electron chi connectivity index (χ3n) is 3.18. The molecule has 102 valence electrons. The summed E-state index contributed by atoms with van der Waals surface area (Å²) in [5.74, 6) is 3.39.